The van der Waals surface area contributed by atoms with Gasteiger partial charge < -0.3 is 26.0 Å². The number of carbonyl (C=O) groups is 4. The number of nitrogens with two attached hydrogens (primary N) is 1. The molecule has 2 unspecified atom stereocenters. The maximum atomic E-state index is 14.4. The summed E-state index contributed by atoms with van der Waals surface area (Å²) in [6.07, 6.45) is 2.60. The summed E-state index contributed by atoms with van der Waals surface area (Å²) < 4.78 is 5.42. The molecule has 0 bridgehead atoms. The van der Waals surface area contributed by atoms with E-state index in [1.54, 1.807) is 25.7 Å². The highest BCUT2D eigenvalue weighted by Gasteiger charge is 2.37. The van der Waals surface area contributed by atoms with Gasteiger partial charge in [0.05, 0.1) is 0 Å². The van der Waals surface area contributed by atoms with E-state index in [0.29, 0.717) is 19.5 Å². The van der Waals surface area contributed by atoms with Gasteiger partial charge in [-0.05, 0) is 69.7 Å². The number of nitrogens with one attached hydrogen (secondary N) is 2. The normalized spacial score (nSPS) is 12.6. The molecule has 2 aromatic rings. The van der Waals surface area contributed by atoms with E-state index in [1.165, 1.54) is 0 Å². The fraction of sp³-hybridized carbons (Fsp3) is 0.515. The summed E-state index contributed by atoms with van der Waals surface area (Å²) in [6, 6.07) is 13.2. The van der Waals surface area contributed by atoms with E-state index in [4.69, 9.17) is 10.5 Å². The lowest BCUT2D eigenvalue weighted by Gasteiger charge is -2.36. The molecule has 4 N–H and O–H groups in total. The molecule has 0 aliphatic heterocycles. The number of carbonyl (C=O) groups excluding carboxylic acids is 4. The van der Waals surface area contributed by atoms with Crippen LogP contribution in [0.15, 0.2) is 48.5 Å². The van der Waals surface area contributed by atoms with Crippen molar-refractivity contribution in [3.05, 3.63) is 70.8 Å². The van der Waals surface area contributed by atoms with Gasteiger partial charge in [-0.3, -0.25) is 14.4 Å². The van der Waals surface area contributed by atoms with Crippen LogP contribution in [0.4, 0.5) is 4.79 Å². The van der Waals surface area contributed by atoms with Crippen LogP contribution < -0.4 is 16.4 Å². The van der Waals surface area contributed by atoms with Crippen molar-refractivity contribution < 1.29 is 23.9 Å². The first-order valence-corrected chi connectivity index (χ1v) is 14.8. The second kappa shape index (κ2) is 16.5. The number of rotatable bonds is 15. The Morgan fingerprint density at radius 3 is 2.14 bits per heavy atom. The van der Waals surface area contributed by atoms with Crippen LogP contribution in [0.3, 0.4) is 0 Å². The van der Waals surface area contributed by atoms with Crippen LogP contribution in [0.5, 0.6) is 0 Å². The van der Waals surface area contributed by atoms with Gasteiger partial charge in [0, 0.05) is 19.5 Å². The zero-order chi connectivity index (χ0) is 31.3. The minimum Gasteiger partial charge on any atom is -0.444 e. The third-order valence-electron chi connectivity index (χ3n) is 6.89. The van der Waals surface area contributed by atoms with Crippen LogP contribution in [0.1, 0.15) is 94.5 Å². The number of nitrogens with zero attached hydrogens (tertiary/aromatic N) is 1. The maximum absolute atomic E-state index is 14.4. The average molecular weight is 581 g/mol. The van der Waals surface area contributed by atoms with Gasteiger partial charge in [-0.25, -0.2) is 4.79 Å². The molecular weight excluding hydrogens is 532 g/mol. The molecular formula is C33H48N4O5. The van der Waals surface area contributed by atoms with Crippen molar-refractivity contribution in [3.8, 4) is 0 Å². The fourth-order valence-electron chi connectivity index (χ4n) is 4.84. The third kappa shape index (κ3) is 11.2. The Morgan fingerprint density at radius 2 is 1.57 bits per heavy atom. The summed E-state index contributed by atoms with van der Waals surface area (Å²) in [5.74, 6) is -1.40. The van der Waals surface area contributed by atoms with E-state index in [-0.39, 0.29) is 18.7 Å². The van der Waals surface area contributed by atoms with E-state index in [9.17, 15) is 19.2 Å². The summed E-state index contributed by atoms with van der Waals surface area (Å²) in [5, 5.41) is 5.68. The van der Waals surface area contributed by atoms with Crippen LogP contribution in [-0.2, 0) is 25.7 Å². The van der Waals surface area contributed by atoms with Crippen molar-refractivity contribution in [2.45, 2.75) is 104 Å². The summed E-state index contributed by atoms with van der Waals surface area (Å²) in [6.45, 7) is 11.7. The minimum atomic E-state index is -1.12. The van der Waals surface area contributed by atoms with Gasteiger partial charge in [0.1, 0.15) is 17.7 Å². The van der Waals surface area contributed by atoms with E-state index in [0.717, 1.165) is 41.5 Å². The Bertz CT molecular complexity index is 1170. The molecule has 2 aromatic carbocycles. The molecule has 0 aromatic heterocycles. The minimum absolute atomic E-state index is 0.0238. The number of ether oxygens (including phenoxy) is 1. The summed E-state index contributed by atoms with van der Waals surface area (Å²) >= 11 is 0. The molecule has 2 atom stereocenters. The average Bonchev–Trinajstić information content (AvgIpc) is 2.91. The van der Waals surface area contributed by atoms with E-state index < -0.39 is 35.6 Å². The first kappa shape index (κ1) is 34.3. The van der Waals surface area contributed by atoms with Gasteiger partial charge in [-0.1, -0.05) is 74.7 Å². The number of benzene rings is 2. The number of hydrogen-bond acceptors (Lipinski definition) is 5. The SMILES string of the molecule is CCCCCCN(C(=O)C(CCC(N)=O)NC(=O)OC(C)(C)C)C(C(=O)NCc1ccccc1)c1c(C)cccc1C. The zero-order valence-corrected chi connectivity index (χ0v) is 26.0. The standard InChI is InChI=1S/C33H48N4O5/c1-7-8-9-13-21-37(31(40)26(19-20-27(34)38)36-32(41)42-33(4,5)6)29(28-23(2)15-14-16-24(28)3)30(39)35-22-25-17-11-10-12-18-25/h10-12,14-18,26,29H,7-9,13,19-22H2,1-6H3,(H2,34,38)(H,35,39)(H,36,41). The van der Waals surface area contributed by atoms with Gasteiger partial charge in [0.15, 0.2) is 0 Å². The fourth-order valence-corrected chi connectivity index (χ4v) is 4.84. The Balaban J connectivity index is 2.55. The third-order valence-corrected chi connectivity index (χ3v) is 6.89. The van der Waals surface area contributed by atoms with Crippen molar-refractivity contribution in [2.75, 3.05) is 6.54 Å². The maximum Gasteiger partial charge on any atom is 0.408 e. The van der Waals surface area contributed by atoms with Gasteiger partial charge >= 0.3 is 6.09 Å². The highest BCUT2D eigenvalue weighted by atomic mass is 16.6. The number of amides is 4. The van der Waals surface area contributed by atoms with Gasteiger partial charge in [0.2, 0.25) is 17.7 Å². The monoisotopic (exact) mass is 580 g/mol. The number of hydrogen-bond donors (Lipinski definition) is 3. The smallest absolute Gasteiger partial charge is 0.408 e. The van der Waals surface area contributed by atoms with Crippen LogP contribution in [0.25, 0.3) is 0 Å². The molecule has 0 saturated heterocycles. The van der Waals surface area contributed by atoms with E-state index >= 15 is 0 Å². The Hall–Kier alpha value is -3.88. The van der Waals surface area contributed by atoms with Crippen molar-refractivity contribution in [3.63, 3.8) is 0 Å². The number of aryl methyl sites for hydroxylation is 2. The molecule has 4 amide bonds. The molecule has 0 aliphatic carbocycles. The second-order valence-electron chi connectivity index (χ2n) is 11.7. The quantitative estimate of drug-likeness (QED) is 0.248. The molecule has 0 fully saturated rings. The molecule has 0 spiro atoms. The van der Waals surface area contributed by atoms with Crippen LogP contribution in [-0.4, -0.2) is 46.9 Å². The molecule has 0 aliphatic rings. The molecule has 9 heteroatoms. The highest BCUT2D eigenvalue weighted by molar-refractivity contribution is 5.93. The lowest BCUT2D eigenvalue weighted by Crippen LogP contribution is -2.53. The Labute approximate surface area is 250 Å². The largest absolute Gasteiger partial charge is 0.444 e. The lowest BCUT2D eigenvalue weighted by atomic mass is 9.93. The lowest BCUT2D eigenvalue weighted by molar-refractivity contribution is -0.143. The van der Waals surface area contributed by atoms with Gasteiger partial charge in [-0.2, -0.15) is 0 Å². The molecule has 9 nitrogen and oxygen atoms in total. The Morgan fingerprint density at radius 1 is 0.929 bits per heavy atom. The summed E-state index contributed by atoms with van der Waals surface area (Å²) in [4.78, 5) is 54.5. The molecule has 42 heavy (non-hydrogen) atoms. The van der Waals surface area contributed by atoms with Crippen molar-refractivity contribution in [1.82, 2.24) is 15.5 Å². The Kier molecular flexibility index (Phi) is 13.5. The van der Waals surface area contributed by atoms with Gasteiger partial charge in [-0.15, -0.1) is 0 Å². The van der Waals surface area contributed by atoms with Crippen molar-refractivity contribution in [2.24, 2.45) is 5.73 Å². The first-order chi connectivity index (χ1) is 19.8. The number of unbranched alkanes of at least 4 members (excludes halogenated alkanes) is 3. The molecule has 0 heterocycles. The van der Waals surface area contributed by atoms with Crippen molar-refractivity contribution >= 4 is 23.8 Å². The molecule has 230 valence electrons. The van der Waals surface area contributed by atoms with E-state index in [2.05, 4.69) is 17.6 Å². The van der Waals surface area contributed by atoms with Crippen LogP contribution >= 0.6 is 0 Å². The van der Waals surface area contributed by atoms with Gasteiger partial charge in [0.25, 0.3) is 0 Å². The zero-order valence-electron chi connectivity index (χ0n) is 26.0. The van der Waals surface area contributed by atoms with Crippen molar-refractivity contribution in [1.29, 1.82) is 0 Å². The number of primary amides is 1. The number of alkyl carbamates (subject to hydrolysis) is 1. The molecule has 0 radical (unpaired) electrons. The van der Waals surface area contributed by atoms with Crippen LogP contribution in [0.2, 0.25) is 0 Å². The predicted octanol–water partition coefficient (Wildman–Crippen LogP) is 5.23. The summed E-state index contributed by atoms with van der Waals surface area (Å²) in [5.41, 5.74) is 8.04. The van der Waals surface area contributed by atoms with Crippen LogP contribution in [0, 0.1) is 13.8 Å². The van der Waals surface area contributed by atoms with E-state index in [1.807, 2.05) is 62.4 Å². The summed E-state index contributed by atoms with van der Waals surface area (Å²) in [7, 11) is 0. The topological polar surface area (TPSA) is 131 Å². The second-order valence-corrected chi connectivity index (χ2v) is 11.7. The first-order valence-electron chi connectivity index (χ1n) is 14.8. The highest BCUT2D eigenvalue weighted by Crippen LogP contribution is 2.29. The molecule has 0 saturated carbocycles. The predicted molar refractivity (Wildman–Crippen MR) is 164 cm³/mol. The molecule has 2 rings (SSSR count).